The van der Waals surface area contributed by atoms with Crippen LogP contribution in [0.1, 0.15) is 12.5 Å². The molecular formula is C13H11ClN2O4. The van der Waals surface area contributed by atoms with E-state index < -0.39 is 11.8 Å². The summed E-state index contributed by atoms with van der Waals surface area (Å²) in [6.07, 6.45) is 1.41. The van der Waals surface area contributed by atoms with E-state index in [4.69, 9.17) is 16.3 Å². The lowest BCUT2D eigenvalue weighted by Gasteiger charge is -2.04. The number of esters is 1. The average molecular weight is 295 g/mol. The molecule has 0 saturated carbocycles. The van der Waals surface area contributed by atoms with Gasteiger partial charge in [0.1, 0.15) is 23.2 Å². The molecule has 104 valence electrons. The fraction of sp³-hybridized carbons (Fsp3) is 0.231. The van der Waals surface area contributed by atoms with Crippen molar-refractivity contribution in [3.05, 3.63) is 29.3 Å². The Balaban J connectivity index is 2.40. The molecule has 0 aliphatic rings. The Bertz CT molecular complexity index is 678. The van der Waals surface area contributed by atoms with Crippen LogP contribution in [0.25, 0.3) is 17.1 Å². The summed E-state index contributed by atoms with van der Waals surface area (Å²) in [6, 6.07) is 5.13. The van der Waals surface area contributed by atoms with E-state index in [2.05, 4.69) is 14.9 Å². The van der Waals surface area contributed by atoms with Crippen LogP contribution >= 0.6 is 11.6 Å². The number of benzene rings is 1. The number of rotatable bonds is 5. The van der Waals surface area contributed by atoms with Crippen molar-refractivity contribution in [1.29, 1.82) is 0 Å². The summed E-state index contributed by atoms with van der Waals surface area (Å²) in [5.74, 6) is -0.954. The minimum absolute atomic E-state index is 0.0424. The molecule has 0 aliphatic heterocycles. The van der Waals surface area contributed by atoms with Gasteiger partial charge in [0.05, 0.1) is 5.88 Å². The van der Waals surface area contributed by atoms with Crippen LogP contribution in [-0.2, 0) is 14.3 Å². The van der Waals surface area contributed by atoms with Crippen molar-refractivity contribution in [3.8, 4) is 0 Å². The summed E-state index contributed by atoms with van der Waals surface area (Å²) in [5.41, 5.74) is 1.48. The maximum atomic E-state index is 11.8. The zero-order valence-electron chi connectivity index (χ0n) is 10.6. The predicted molar refractivity (Wildman–Crippen MR) is 72.1 cm³/mol. The van der Waals surface area contributed by atoms with Crippen LogP contribution < -0.4 is 0 Å². The monoisotopic (exact) mass is 294 g/mol. The van der Waals surface area contributed by atoms with Gasteiger partial charge >= 0.3 is 5.97 Å². The normalized spacial score (nSPS) is 11.6. The van der Waals surface area contributed by atoms with Gasteiger partial charge < -0.3 is 4.74 Å². The molecule has 20 heavy (non-hydrogen) atoms. The van der Waals surface area contributed by atoms with Crippen LogP contribution in [0.5, 0.6) is 0 Å². The maximum Gasteiger partial charge on any atom is 0.341 e. The van der Waals surface area contributed by atoms with Crippen LogP contribution in [0.2, 0.25) is 0 Å². The second-order valence-electron chi connectivity index (χ2n) is 3.92. The number of ketones is 1. The SMILES string of the molecule is CC(=O)C(=Cc1cccc2nonc12)C(=O)OCCCl. The zero-order chi connectivity index (χ0) is 14.5. The lowest BCUT2D eigenvalue weighted by molar-refractivity contribution is -0.139. The first-order valence-corrected chi connectivity index (χ1v) is 6.34. The summed E-state index contributed by atoms with van der Waals surface area (Å²) in [5, 5.41) is 7.43. The molecule has 0 unspecified atom stereocenters. The Morgan fingerprint density at radius 2 is 2.20 bits per heavy atom. The van der Waals surface area contributed by atoms with Gasteiger partial charge in [0.15, 0.2) is 5.78 Å². The van der Waals surface area contributed by atoms with Crippen LogP contribution in [0.3, 0.4) is 0 Å². The fourth-order valence-electron chi connectivity index (χ4n) is 1.61. The van der Waals surface area contributed by atoms with Gasteiger partial charge in [0.2, 0.25) is 0 Å². The smallest absolute Gasteiger partial charge is 0.341 e. The van der Waals surface area contributed by atoms with Crippen molar-refractivity contribution >= 4 is 40.5 Å². The molecule has 7 heteroatoms. The molecule has 0 spiro atoms. The van der Waals surface area contributed by atoms with E-state index in [0.29, 0.717) is 16.6 Å². The Morgan fingerprint density at radius 3 is 2.90 bits per heavy atom. The Hall–Kier alpha value is -2.21. The highest BCUT2D eigenvalue weighted by molar-refractivity contribution is 6.20. The Kier molecular flexibility index (Phi) is 4.47. The topological polar surface area (TPSA) is 82.3 Å². The van der Waals surface area contributed by atoms with E-state index >= 15 is 0 Å². The van der Waals surface area contributed by atoms with Gasteiger partial charge in [-0.1, -0.05) is 12.1 Å². The largest absolute Gasteiger partial charge is 0.461 e. The van der Waals surface area contributed by atoms with Crippen LogP contribution in [-0.4, -0.2) is 34.6 Å². The molecule has 2 aromatic rings. The molecule has 1 heterocycles. The fourth-order valence-corrected chi connectivity index (χ4v) is 1.69. The summed E-state index contributed by atoms with van der Waals surface area (Å²) in [4.78, 5) is 23.4. The molecule has 0 radical (unpaired) electrons. The number of ether oxygens (including phenoxy) is 1. The Labute approximate surface area is 119 Å². The molecule has 0 aliphatic carbocycles. The number of carbonyl (C=O) groups excluding carboxylic acids is 2. The van der Waals surface area contributed by atoms with E-state index in [0.717, 1.165) is 0 Å². The third-order valence-electron chi connectivity index (χ3n) is 2.53. The van der Waals surface area contributed by atoms with Gasteiger partial charge in [0.25, 0.3) is 0 Å². The molecule has 0 saturated heterocycles. The first-order valence-electron chi connectivity index (χ1n) is 5.80. The number of hydrogen-bond donors (Lipinski definition) is 0. The maximum absolute atomic E-state index is 11.8. The number of hydrogen-bond acceptors (Lipinski definition) is 6. The van der Waals surface area contributed by atoms with Gasteiger partial charge in [0, 0.05) is 5.56 Å². The number of fused-ring (bicyclic) bond motifs is 1. The number of aromatic nitrogens is 2. The molecule has 1 aromatic heterocycles. The number of alkyl halides is 1. The first-order chi connectivity index (χ1) is 9.63. The molecule has 0 fully saturated rings. The van der Waals surface area contributed by atoms with Crippen molar-refractivity contribution in [1.82, 2.24) is 10.3 Å². The average Bonchev–Trinajstić information content (AvgIpc) is 2.90. The van der Waals surface area contributed by atoms with Gasteiger partial charge in [-0.15, -0.1) is 11.6 Å². The third-order valence-corrected chi connectivity index (χ3v) is 2.68. The molecule has 0 bridgehead atoms. The number of carbonyl (C=O) groups is 2. The summed E-state index contributed by atoms with van der Waals surface area (Å²) in [6.45, 7) is 1.33. The van der Waals surface area contributed by atoms with Gasteiger partial charge in [-0.05, 0) is 29.4 Å². The molecule has 1 aromatic carbocycles. The van der Waals surface area contributed by atoms with Crippen LogP contribution in [0, 0.1) is 0 Å². The van der Waals surface area contributed by atoms with Crippen molar-refractivity contribution in [3.63, 3.8) is 0 Å². The van der Waals surface area contributed by atoms with E-state index in [1.54, 1.807) is 18.2 Å². The minimum Gasteiger partial charge on any atom is -0.461 e. The first kappa shape index (κ1) is 14.2. The third kappa shape index (κ3) is 3.03. The van der Waals surface area contributed by atoms with Gasteiger partial charge in [-0.25, -0.2) is 9.42 Å². The van der Waals surface area contributed by atoms with E-state index in [9.17, 15) is 9.59 Å². The van der Waals surface area contributed by atoms with Crippen molar-refractivity contribution in [2.24, 2.45) is 0 Å². The van der Waals surface area contributed by atoms with Gasteiger partial charge in [-0.3, -0.25) is 4.79 Å². The molecule has 0 atom stereocenters. The summed E-state index contributed by atoms with van der Waals surface area (Å²) < 4.78 is 9.49. The summed E-state index contributed by atoms with van der Waals surface area (Å²) in [7, 11) is 0. The molecular weight excluding hydrogens is 284 g/mol. The van der Waals surface area contributed by atoms with E-state index in [1.165, 1.54) is 13.0 Å². The highest BCUT2D eigenvalue weighted by atomic mass is 35.5. The second-order valence-corrected chi connectivity index (χ2v) is 4.30. The highest BCUT2D eigenvalue weighted by Crippen LogP contribution is 2.18. The number of Topliss-reactive ketones (excluding diaryl/α,β-unsaturated/α-hetero) is 1. The van der Waals surface area contributed by atoms with Crippen LogP contribution in [0.15, 0.2) is 28.4 Å². The molecule has 0 N–H and O–H groups in total. The number of halogens is 1. The molecule has 0 amide bonds. The standard InChI is InChI=1S/C13H11ClN2O4/c1-8(17)10(13(18)19-6-5-14)7-9-3-2-4-11-12(9)16-20-15-11/h2-4,7H,5-6H2,1H3. The Morgan fingerprint density at radius 1 is 1.40 bits per heavy atom. The second kappa shape index (κ2) is 6.29. The lowest BCUT2D eigenvalue weighted by Crippen LogP contribution is -2.14. The summed E-state index contributed by atoms with van der Waals surface area (Å²) >= 11 is 5.44. The zero-order valence-corrected chi connectivity index (χ0v) is 11.4. The number of nitrogens with zero attached hydrogens (tertiary/aromatic N) is 2. The van der Waals surface area contributed by atoms with E-state index in [1.807, 2.05) is 0 Å². The lowest BCUT2D eigenvalue weighted by atomic mass is 10.1. The minimum atomic E-state index is -0.716. The van der Waals surface area contributed by atoms with Crippen LogP contribution in [0.4, 0.5) is 0 Å². The van der Waals surface area contributed by atoms with Gasteiger partial charge in [-0.2, -0.15) is 0 Å². The molecule has 6 nitrogen and oxygen atoms in total. The predicted octanol–water partition coefficient (Wildman–Crippen LogP) is 1.98. The van der Waals surface area contributed by atoms with E-state index in [-0.39, 0.29) is 18.1 Å². The quantitative estimate of drug-likeness (QED) is 0.276. The highest BCUT2D eigenvalue weighted by Gasteiger charge is 2.17. The van der Waals surface area contributed by atoms with Crippen molar-refractivity contribution in [2.45, 2.75) is 6.92 Å². The molecule has 2 rings (SSSR count). The van der Waals surface area contributed by atoms with Crippen molar-refractivity contribution < 1.29 is 19.0 Å². The van der Waals surface area contributed by atoms with Crippen molar-refractivity contribution in [2.75, 3.05) is 12.5 Å².